The third-order valence-corrected chi connectivity index (χ3v) is 2.86. The van der Waals surface area contributed by atoms with Crippen LogP contribution in [0.4, 0.5) is 0 Å². The van der Waals surface area contributed by atoms with Crippen molar-refractivity contribution in [2.75, 3.05) is 33.4 Å². The van der Waals surface area contributed by atoms with Crippen molar-refractivity contribution >= 4 is 17.3 Å². The van der Waals surface area contributed by atoms with Gasteiger partial charge in [-0.05, 0) is 37.9 Å². The third kappa shape index (κ3) is 6.25. The molecule has 1 heterocycles. The predicted molar refractivity (Wildman–Crippen MR) is 68.7 cm³/mol. The number of thiocarbonyl (C=S) groups is 1. The number of hydrogen-bond donors (Lipinski definition) is 2. The molecule has 1 rings (SSSR count). The molecule has 1 unspecified atom stereocenters. The summed E-state index contributed by atoms with van der Waals surface area (Å²) in [6.45, 7) is 3.32. The Hall–Kier alpha value is -0.390. The molecule has 0 aliphatic carbocycles. The van der Waals surface area contributed by atoms with Crippen LogP contribution in [0, 0.1) is 0 Å². The van der Waals surface area contributed by atoms with Crippen molar-refractivity contribution in [2.24, 2.45) is 0 Å². The van der Waals surface area contributed by atoms with Gasteiger partial charge in [-0.1, -0.05) is 0 Å². The van der Waals surface area contributed by atoms with Crippen molar-refractivity contribution in [3.63, 3.8) is 0 Å². The zero-order valence-electron chi connectivity index (χ0n) is 9.96. The van der Waals surface area contributed by atoms with Crippen LogP contribution in [0.25, 0.3) is 0 Å². The van der Waals surface area contributed by atoms with E-state index < -0.39 is 0 Å². The maximum atomic E-state index is 5.60. The fourth-order valence-electron chi connectivity index (χ4n) is 1.66. The van der Waals surface area contributed by atoms with Crippen LogP contribution >= 0.6 is 12.2 Å². The third-order valence-electron chi connectivity index (χ3n) is 2.58. The van der Waals surface area contributed by atoms with E-state index in [0.717, 1.165) is 39.1 Å². The number of methoxy groups -OCH3 is 1. The van der Waals surface area contributed by atoms with Gasteiger partial charge in [-0.3, -0.25) is 0 Å². The summed E-state index contributed by atoms with van der Waals surface area (Å²) in [5.41, 5.74) is 0. The van der Waals surface area contributed by atoms with E-state index >= 15 is 0 Å². The molecule has 5 heteroatoms. The zero-order valence-corrected chi connectivity index (χ0v) is 10.8. The highest BCUT2D eigenvalue weighted by Crippen LogP contribution is 2.11. The Morgan fingerprint density at radius 1 is 1.44 bits per heavy atom. The number of nitrogens with one attached hydrogen (secondary N) is 2. The Kier molecular flexibility index (Phi) is 7.46. The van der Waals surface area contributed by atoms with Gasteiger partial charge in [-0.2, -0.15) is 0 Å². The molecule has 4 nitrogen and oxygen atoms in total. The average molecular weight is 246 g/mol. The summed E-state index contributed by atoms with van der Waals surface area (Å²) in [5.74, 6) is 0. The topological polar surface area (TPSA) is 42.5 Å². The first-order valence-corrected chi connectivity index (χ1v) is 6.36. The van der Waals surface area contributed by atoms with Crippen molar-refractivity contribution in [2.45, 2.75) is 31.8 Å². The van der Waals surface area contributed by atoms with E-state index in [-0.39, 0.29) is 0 Å². The summed E-state index contributed by atoms with van der Waals surface area (Å²) >= 11 is 5.15. The highest BCUT2D eigenvalue weighted by atomic mass is 32.1. The Labute approximate surface area is 103 Å². The molecule has 94 valence electrons. The molecule has 0 radical (unpaired) electrons. The lowest BCUT2D eigenvalue weighted by atomic mass is 10.1. The van der Waals surface area contributed by atoms with Gasteiger partial charge in [0, 0.05) is 33.4 Å². The molecule has 16 heavy (non-hydrogen) atoms. The van der Waals surface area contributed by atoms with E-state index in [4.69, 9.17) is 21.7 Å². The second kappa shape index (κ2) is 8.73. The van der Waals surface area contributed by atoms with Crippen molar-refractivity contribution in [1.29, 1.82) is 0 Å². The van der Waals surface area contributed by atoms with Gasteiger partial charge in [-0.15, -0.1) is 0 Å². The number of ether oxygens (including phenoxy) is 2. The van der Waals surface area contributed by atoms with Gasteiger partial charge >= 0.3 is 0 Å². The second-order valence-electron chi connectivity index (χ2n) is 3.97. The maximum Gasteiger partial charge on any atom is 0.166 e. The van der Waals surface area contributed by atoms with Gasteiger partial charge in [0.05, 0.1) is 6.10 Å². The van der Waals surface area contributed by atoms with E-state index in [1.54, 1.807) is 7.11 Å². The van der Waals surface area contributed by atoms with E-state index in [9.17, 15) is 0 Å². The first kappa shape index (κ1) is 13.7. The molecule has 2 N–H and O–H groups in total. The molecule has 0 saturated carbocycles. The van der Waals surface area contributed by atoms with Gasteiger partial charge in [0.25, 0.3) is 0 Å². The average Bonchev–Trinajstić information content (AvgIpc) is 2.33. The van der Waals surface area contributed by atoms with Crippen LogP contribution in [-0.2, 0) is 9.47 Å². The Morgan fingerprint density at radius 3 is 3.00 bits per heavy atom. The van der Waals surface area contributed by atoms with Gasteiger partial charge in [0.1, 0.15) is 0 Å². The lowest BCUT2D eigenvalue weighted by molar-refractivity contribution is 0.0195. The highest BCUT2D eigenvalue weighted by Gasteiger charge is 2.13. The minimum absolute atomic E-state index is 0.326. The summed E-state index contributed by atoms with van der Waals surface area (Å²) in [4.78, 5) is 0. The minimum atomic E-state index is 0.326. The molecule has 0 bridgehead atoms. The molecule has 1 fully saturated rings. The molecular weight excluding hydrogens is 224 g/mol. The van der Waals surface area contributed by atoms with E-state index in [2.05, 4.69) is 10.6 Å². The largest absolute Gasteiger partial charge is 0.385 e. The van der Waals surface area contributed by atoms with Crippen LogP contribution in [0.2, 0.25) is 0 Å². The molecule has 0 spiro atoms. The van der Waals surface area contributed by atoms with Gasteiger partial charge in [0.15, 0.2) is 5.11 Å². The molecule has 0 aromatic carbocycles. The number of rotatable bonds is 6. The van der Waals surface area contributed by atoms with Crippen molar-refractivity contribution in [1.82, 2.24) is 10.6 Å². The Bertz CT molecular complexity index is 196. The number of hydrogen-bond acceptors (Lipinski definition) is 3. The molecule has 1 aliphatic rings. The van der Waals surface area contributed by atoms with Crippen molar-refractivity contribution in [3.05, 3.63) is 0 Å². The fourth-order valence-corrected chi connectivity index (χ4v) is 1.84. The van der Waals surface area contributed by atoms with Gasteiger partial charge in [0.2, 0.25) is 0 Å². The lowest BCUT2D eigenvalue weighted by Gasteiger charge is -2.23. The van der Waals surface area contributed by atoms with Crippen molar-refractivity contribution < 1.29 is 9.47 Å². The second-order valence-corrected chi connectivity index (χ2v) is 4.38. The summed E-state index contributed by atoms with van der Waals surface area (Å²) < 4.78 is 10.6. The SMILES string of the molecule is COCCCNC(=S)NCC1CCCCO1. The molecule has 0 aromatic rings. The van der Waals surface area contributed by atoms with E-state index in [1.165, 1.54) is 12.8 Å². The van der Waals surface area contributed by atoms with Crippen LogP contribution < -0.4 is 10.6 Å². The van der Waals surface area contributed by atoms with E-state index in [1.807, 2.05) is 0 Å². The molecule has 0 aromatic heterocycles. The molecular formula is C11H22N2O2S. The highest BCUT2D eigenvalue weighted by molar-refractivity contribution is 7.80. The molecule has 1 atom stereocenters. The molecule has 1 aliphatic heterocycles. The lowest BCUT2D eigenvalue weighted by Crippen LogP contribution is -2.41. The monoisotopic (exact) mass is 246 g/mol. The van der Waals surface area contributed by atoms with Gasteiger partial charge < -0.3 is 20.1 Å². The minimum Gasteiger partial charge on any atom is -0.385 e. The van der Waals surface area contributed by atoms with Crippen LogP contribution in [0.15, 0.2) is 0 Å². The van der Waals surface area contributed by atoms with Gasteiger partial charge in [-0.25, -0.2) is 0 Å². The van der Waals surface area contributed by atoms with Crippen molar-refractivity contribution in [3.8, 4) is 0 Å². The van der Waals surface area contributed by atoms with Crippen LogP contribution in [0.5, 0.6) is 0 Å². The summed E-state index contributed by atoms with van der Waals surface area (Å²) in [6.07, 6.45) is 4.89. The van der Waals surface area contributed by atoms with Crippen LogP contribution in [0.1, 0.15) is 25.7 Å². The predicted octanol–water partition coefficient (Wildman–Crippen LogP) is 1.06. The van der Waals surface area contributed by atoms with Crippen LogP contribution in [-0.4, -0.2) is 44.6 Å². The fraction of sp³-hybridized carbons (Fsp3) is 0.909. The zero-order chi connectivity index (χ0) is 11.6. The quantitative estimate of drug-likeness (QED) is 0.542. The smallest absolute Gasteiger partial charge is 0.166 e. The maximum absolute atomic E-state index is 5.60. The molecule has 0 amide bonds. The first-order valence-electron chi connectivity index (χ1n) is 5.95. The van der Waals surface area contributed by atoms with E-state index in [0.29, 0.717) is 11.2 Å². The summed E-state index contributed by atoms with van der Waals surface area (Å²) in [6, 6.07) is 0. The Morgan fingerprint density at radius 2 is 2.31 bits per heavy atom. The normalized spacial score (nSPS) is 20.4. The summed E-state index contributed by atoms with van der Waals surface area (Å²) in [7, 11) is 1.71. The summed E-state index contributed by atoms with van der Waals surface area (Å²) in [5, 5.41) is 7.04. The Balaban J connectivity index is 1.96. The van der Waals surface area contributed by atoms with Crippen LogP contribution in [0.3, 0.4) is 0 Å². The standard InChI is InChI=1S/C11H22N2O2S/c1-14-7-4-6-12-11(16)13-9-10-5-2-3-8-15-10/h10H,2-9H2,1H3,(H2,12,13,16). The first-order chi connectivity index (χ1) is 7.83. The molecule has 1 saturated heterocycles.